The molecule has 0 atom stereocenters. The zero-order valence-electron chi connectivity index (χ0n) is 13.9. The molecule has 4 heteroatoms. The molecule has 1 heterocycles. The molecule has 0 spiro atoms. The van der Waals surface area contributed by atoms with Crippen molar-refractivity contribution in [2.75, 3.05) is 24.3 Å². The molecule has 3 rings (SSSR count). The molecule has 1 N–H and O–H groups in total. The van der Waals surface area contributed by atoms with Crippen molar-refractivity contribution < 1.29 is 0 Å². The summed E-state index contributed by atoms with van der Waals surface area (Å²) in [5.74, 6) is 0. The second-order valence-corrected chi connectivity index (χ2v) is 6.76. The monoisotopic (exact) mass is 323 g/mol. The third-order valence-corrected chi connectivity index (χ3v) is 4.70. The lowest BCUT2D eigenvalue weighted by molar-refractivity contribution is 1.13. The summed E-state index contributed by atoms with van der Waals surface area (Å²) >= 11 is 1.63. The first-order chi connectivity index (χ1) is 11.0. The normalized spacial score (nSPS) is 10.6. The van der Waals surface area contributed by atoms with Gasteiger partial charge in [0.1, 0.15) is 0 Å². The number of thiazole rings is 1. The summed E-state index contributed by atoms with van der Waals surface area (Å²) < 4.78 is 0. The van der Waals surface area contributed by atoms with E-state index in [1.165, 1.54) is 22.4 Å². The summed E-state index contributed by atoms with van der Waals surface area (Å²) in [6.07, 6.45) is 0. The average molecular weight is 323 g/mol. The maximum atomic E-state index is 4.70. The van der Waals surface area contributed by atoms with Crippen molar-refractivity contribution in [3.63, 3.8) is 0 Å². The molecule has 23 heavy (non-hydrogen) atoms. The number of hydrogen-bond acceptors (Lipinski definition) is 4. The van der Waals surface area contributed by atoms with Crippen molar-refractivity contribution >= 4 is 27.8 Å². The largest absolute Gasteiger partial charge is 0.378 e. The Hall–Kier alpha value is -2.33. The Morgan fingerprint density at radius 1 is 0.957 bits per heavy atom. The van der Waals surface area contributed by atoms with Gasteiger partial charge in [-0.3, -0.25) is 0 Å². The Morgan fingerprint density at radius 3 is 2.35 bits per heavy atom. The van der Waals surface area contributed by atoms with Gasteiger partial charge in [-0.2, -0.15) is 0 Å². The van der Waals surface area contributed by atoms with Crippen LogP contribution in [0.25, 0.3) is 11.3 Å². The van der Waals surface area contributed by atoms with Crippen LogP contribution in [0.5, 0.6) is 0 Å². The molecule has 0 aliphatic carbocycles. The third kappa shape index (κ3) is 3.54. The molecule has 0 fully saturated rings. The smallest absolute Gasteiger partial charge is 0.187 e. The van der Waals surface area contributed by atoms with Crippen LogP contribution in [0.1, 0.15) is 11.1 Å². The summed E-state index contributed by atoms with van der Waals surface area (Å²) in [5, 5.41) is 6.39. The molecule has 2 aromatic carbocycles. The summed E-state index contributed by atoms with van der Waals surface area (Å²) in [7, 11) is 4.08. The average Bonchev–Trinajstić information content (AvgIpc) is 2.99. The highest BCUT2D eigenvalue weighted by Gasteiger charge is 2.06. The minimum Gasteiger partial charge on any atom is -0.378 e. The number of anilines is 3. The van der Waals surface area contributed by atoms with E-state index in [2.05, 4.69) is 71.9 Å². The van der Waals surface area contributed by atoms with Crippen LogP contribution in [0.4, 0.5) is 16.5 Å². The Balaban J connectivity index is 1.77. The van der Waals surface area contributed by atoms with Crippen molar-refractivity contribution in [2.24, 2.45) is 0 Å². The van der Waals surface area contributed by atoms with Crippen LogP contribution in [0.15, 0.2) is 47.8 Å². The summed E-state index contributed by atoms with van der Waals surface area (Å²) in [6.45, 7) is 4.27. The topological polar surface area (TPSA) is 28.2 Å². The van der Waals surface area contributed by atoms with Crippen LogP contribution >= 0.6 is 11.3 Å². The molecule has 1 aromatic heterocycles. The molecule has 0 amide bonds. The molecular weight excluding hydrogens is 302 g/mol. The molecule has 118 valence electrons. The first kappa shape index (κ1) is 15.6. The fourth-order valence-corrected chi connectivity index (χ4v) is 3.07. The molecule has 0 unspecified atom stereocenters. The Labute approximate surface area is 141 Å². The molecule has 0 aliphatic heterocycles. The maximum Gasteiger partial charge on any atom is 0.187 e. The van der Waals surface area contributed by atoms with Crippen LogP contribution in [-0.4, -0.2) is 19.1 Å². The van der Waals surface area contributed by atoms with E-state index in [1.54, 1.807) is 11.3 Å². The van der Waals surface area contributed by atoms with Crippen molar-refractivity contribution in [1.82, 2.24) is 4.98 Å². The molecule has 3 aromatic rings. The van der Waals surface area contributed by atoms with Crippen LogP contribution < -0.4 is 10.2 Å². The predicted octanol–water partition coefficient (Wildman–Crippen LogP) is 5.24. The van der Waals surface area contributed by atoms with E-state index in [0.717, 1.165) is 16.5 Å². The number of hydrogen-bond donors (Lipinski definition) is 1. The predicted molar refractivity (Wildman–Crippen MR) is 101 cm³/mol. The van der Waals surface area contributed by atoms with Crippen molar-refractivity contribution in [1.29, 1.82) is 0 Å². The van der Waals surface area contributed by atoms with Gasteiger partial charge in [-0.1, -0.05) is 12.1 Å². The summed E-state index contributed by atoms with van der Waals surface area (Å²) in [4.78, 5) is 6.79. The molecule has 0 radical (unpaired) electrons. The zero-order valence-corrected chi connectivity index (χ0v) is 14.7. The number of benzene rings is 2. The van der Waals surface area contributed by atoms with E-state index in [1.807, 2.05) is 14.1 Å². The Kier molecular flexibility index (Phi) is 4.35. The van der Waals surface area contributed by atoms with Crippen molar-refractivity contribution in [3.05, 3.63) is 59.0 Å². The minimum absolute atomic E-state index is 0.913. The molecule has 0 aliphatic rings. The van der Waals surface area contributed by atoms with E-state index in [4.69, 9.17) is 4.98 Å². The second-order valence-electron chi connectivity index (χ2n) is 5.90. The number of rotatable bonds is 4. The van der Waals surface area contributed by atoms with E-state index >= 15 is 0 Å². The fraction of sp³-hybridized carbons (Fsp3) is 0.211. The SMILES string of the molecule is Cc1ccc(-c2csc(Nc3ccc(N(C)C)cc3)n2)cc1C. The van der Waals surface area contributed by atoms with Crippen LogP contribution in [-0.2, 0) is 0 Å². The number of nitrogens with zero attached hydrogens (tertiary/aromatic N) is 2. The van der Waals surface area contributed by atoms with Crippen LogP contribution in [0.2, 0.25) is 0 Å². The first-order valence-corrected chi connectivity index (χ1v) is 8.48. The lowest BCUT2D eigenvalue weighted by Gasteiger charge is -2.12. The summed E-state index contributed by atoms with van der Waals surface area (Å²) in [6, 6.07) is 14.8. The highest BCUT2D eigenvalue weighted by Crippen LogP contribution is 2.28. The zero-order chi connectivity index (χ0) is 16.4. The van der Waals surface area contributed by atoms with Gasteiger partial charge in [-0.15, -0.1) is 11.3 Å². The van der Waals surface area contributed by atoms with Gasteiger partial charge >= 0.3 is 0 Å². The van der Waals surface area contributed by atoms with Crippen molar-refractivity contribution in [3.8, 4) is 11.3 Å². The lowest BCUT2D eigenvalue weighted by atomic mass is 10.1. The van der Waals surface area contributed by atoms with Crippen LogP contribution in [0.3, 0.4) is 0 Å². The third-order valence-electron chi connectivity index (χ3n) is 3.94. The van der Waals surface area contributed by atoms with Crippen molar-refractivity contribution in [2.45, 2.75) is 13.8 Å². The summed E-state index contributed by atoms with van der Waals surface area (Å²) in [5.41, 5.74) is 7.03. The van der Waals surface area contributed by atoms with Gasteiger partial charge in [0, 0.05) is 36.4 Å². The number of aromatic nitrogens is 1. The van der Waals surface area contributed by atoms with E-state index in [0.29, 0.717) is 0 Å². The number of aryl methyl sites for hydroxylation is 2. The highest BCUT2D eigenvalue weighted by molar-refractivity contribution is 7.14. The maximum absolute atomic E-state index is 4.70. The van der Waals surface area contributed by atoms with Crippen LogP contribution in [0, 0.1) is 13.8 Å². The van der Waals surface area contributed by atoms with Gasteiger partial charge in [0.25, 0.3) is 0 Å². The number of nitrogens with one attached hydrogen (secondary N) is 1. The first-order valence-electron chi connectivity index (χ1n) is 7.60. The van der Waals surface area contributed by atoms with E-state index in [9.17, 15) is 0 Å². The standard InChI is InChI=1S/C19H21N3S/c1-13-5-6-15(11-14(13)2)18-12-23-19(21-18)20-16-7-9-17(10-8-16)22(3)4/h5-12H,1-4H3,(H,20,21). The Morgan fingerprint density at radius 2 is 1.70 bits per heavy atom. The van der Waals surface area contributed by atoms with E-state index in [-0.39, 0.29) is 0 Å². The van der Waals surface area contributed by atoms with Gasteiger partial charge in [-0.25, -0.2) is 4.98 Å². The quantitative estimate of drug-likeness (QED) is 0.712. The lowest BCUT2D eigenvalue weighted by Crippen LogP contribution is -2.08. The Bertz CT molecular complexity index is 804. The van der Waals surface area contributed by atoms with E-state index < -0.39 is 0 Å². The van der Waals surface area contributed by atoms with Gasteiger partial charge in [0.2, 0.25) is 0 Å². The highest BCUT2D eigenvalue weighted by atomic mass is 32.1. The van der Waals surface area contributed by atoms with Gasteiger partial charge < -0.3 is 10.2 Å². The van der Waals surface area contributed by atoms with Gasteiger partial charge in [0.05, 0.1) is 5.69 Å². The molecule has 0 bridgehead atoms. The van der Waals surface area contributed by atoms with Gasteiger partial charge in [-0.05, 0) is 55.3 Å². The molecule has 0 saturated heterocycles. The molecule has 0 saturated carbocycles. The fourth-order valence-electron chi connectivity index (χ4n) is 2.33. The second kappa shape index (κ2) is 6.42. The minimum atomic E-state index is 0.913. The molecule has 3 nitrogen and oxygen atoms in total. The van der Waals surface area contributed by atoms with Gasteiger partial charge in [0.15, 0.2) is 5.13 Å². The molecular formula is C19H21N3S.